The fourth-order valence-electron chi connectivity index (χ4n) is 2.40. The van der Waals surface area contributed by atoms with Gasteiger partial charge < -0.3 is 4.74 Å². The number of halogens is 1. The third kappa shape index (κ3) is 5.49. The smallest absolute Gasteiger partial charge is 0.323 e. The van der Waals surface area contributed by atoms with Gasteiger partial charge in [-0.2, -0.15) is 0 Å². The van der Waals surface area contributed by atoms with Crippen molar-refractivity contribution in [2.75, 3.05) is 13.0 Å². The molecule has 0 heterocycles. The molecule has 0 aromatic heterocycles. The van der Waals surface area contributed by atoms with Gasteiger partial charge in [0, 0.05) is 11.1 Å². The van der Waals surface area contributed by atoms with Gasteiger partial charge >= 0.3 is 5.97 Å². The van der Waals surface area contributed by atoms with Gasteiger partial charge in [-0.25, -0.2) is 8.42 Å². The summed E-state index contributed by atoms with van der Waals surface area (Å²) in [4.78, 5) is 21.9. The molecule has 2 aromatic carbocycles. The summed E-state index contributed by atoms with van der Waals surface area (Å²) in [7, 11) is -2.86. The lowest BCUT2D eigenvalue weighted by molar-refractivity contribution is -0.387. The molecule has 0 aliphatic heterocycles. The minimum absolute atomic E-state index is 0.163. The Bertz CT molecular complexity index is 931. The van der Waals surface area contributed by atoms with Gasteiger partial charge in [-0.15, -0.1) is 0 Å². The molecular formula is C17H17ClN2O6S. The molecule has 0 aliphatic rings. The van der Waals surface area contributed by atoms with Crippen LogP contribution in [0.5, 0.6) is 0 Å². The van der Waals surface area contributed by atoms with Gasteiger partial charge in [-0.3, -0.25) is 20.2 Å². The fourth-order valence-corrected chi connectivity index (χ4v) is 3.85. The lowest BCUT2D eigenvalue weighted by Gasteiger charge is -2.17. The van der Waals surface area contributed by atoms with Crippen LogP contribution in [0.2, 0.25) is 5.02 Å². The molecule has 8 nitrogen and oxygen atoms in total. The first kappa shape index (κ1) is 20.8. The Labute approximate surface area is 161 Å². The number of carbonyl (C=O) groups excluding carboxylic acids is 1. The maximum absolute atomic E-state index is 12.5. The molecule has 0 saturated carbocycles. The van der Waals surface area contributed by atoms with Crippen LogP contribution >= 0.6 is 11.6 Å². The summed E-state index contributed by atoms with van der Waals surface area (Å²) in [6.45, 7) is 0. The number of benzene rings is 2. The van der Waals surface area contributed by atoms with Gasteiger partial charge in [0.1, 0.15) is 16.8 Å². The largest absolute Gasteiger partial charge is 0.468 e. The van der Waals surface area contributed by atoms with Crippen molar-refractivity contribution >= 4 is 33.1 Å². The Kier molecular flexibility index (Phi) is 6.89. The van der Waals surface area contributed by atoms with E-state index >= 15 is 0 Å². The van der Waals surface area contributed by atoms with Crippen LogP contribution in [0.4, 0.5) is 5.69 Å². The van der Waals surface area contributed by atoms with Gasteiger partial charge in [0.05, 0.1) is 12.0 Å². The highest BCUT2D eigenvalue weighted by molar-refractivity contribution is 7.91. The summed E-state index contributed by atoms with van der Waals surface area (Å²) in [6.07, 6.45) is 0.163. The van der Waals surface area contributed by atoms with E-state index in [9.17, 15) is 23.3 Å². The molecule has 0 saturated heterocycles. The van der Waals surface area contributed by atoms with E-state index in [0.717, 1.165) is 17.7 Å². The average molecular weight is 413 g/mol. The highest BCUT2D eigenvalue weighted by Crippen LogP contribution is 2.23. The van der Waals surface area contributed by atoms with E-state index in [2.05, 4.69) is 5.32 Å². The quantitative estimate of drug-likeness (QED) is 0.402. The highest BCUT2D eigenvalue weighted by Gasteiger charge is 2.28. The van der Waals surface area contributed by atoms with Crippen LogP contribution in [0, 0.1) is 10.1 Å². The normalized spacial score (nSPS) is 12.4. The second-order valence-electron chi connectivity index (χ2n) is 5.59. The third-order valence-corrected chi connectivity index (χ3v) is 5.57. The predicted octanol–water partition coefficient (Wildman–Crippen LogP) is 2.35. The Morgan fingerprint density at radius 1 is 1.22 bits per heavy atom. The van der Waals surface area contributed by atoms with E-state index in [1.807, 2.05) is 0 Å². The molecule has 10 heteroatoms. The zero-order valence-electron chi connectivity index (χ0n) is 14.3. The molecule has 1 unspecified atom stereocenters. The second-order valence-corrected chi connectivity index (χ2v) is 7.99. The van der Waals surface area contributed by atoms with Gasteiger partial charge in [-0.1, -0.05) is 35.9 Å². The van der Waals surface area contributed by atoms with E-state index < -0.39 is 43.2 Å². The van der Waals surface area contributed by atoms with Crippen molar-refractivity contribution in [1.82, 2.24) is 5.32 Å². The summed E-state index contributed by atoms with van der Waals surface area (Å²) >= 11 is 5.83. The number of methoxy groups -OCH3 is 1. The van der Waals surface area contributed by atoms with Crippen LogP contribution in [0.25, 0.3) is 0 Å². The Balaban J connectivity index is 2.20. The maximum Gasteiger partial charge on any atom is 0.323 e. The van der Waals surface area contributed by atoms with Crippen LogP contribution in [-0.2, 0) is 25.8 Å². The molecule has 27 heavy (non-hydrogen) atoms. The number of nitro groups is 1. The number of nitrogens with zero attached hydrogens (tertiary/aromatic N) is 1. The molecule has 2 rings (SSSR count). The van der Waals surface area contributed by atoms with Crippen molar-refractivity contribution < 1.29 is 22.9 Å². The number of hydrogen-bond donors (Lipinski definition) is 1. The number of esters is 1. The second kappa shape index (κ2) is 8.94. The molecular weight excluding hydrogens is 396 g/mol. The Hall–Kier alpha value is -2.49. The molecule has 2 aromatic rings. The SMILES string of the molecule is COC(=O)C(Cc1ccc(Cl)cc1)NCS(=O)(=O)c1ccccc1[N+](=O)[O-]. The first-order valence-electron chi connectivity index (χ1n) is 7.76. The van der Waals surface area contributed by atoms with Crippen molar-refractivity contribution in [3.8, 4) is 0 Å². The van der Waals surface area contributed by atoms with Crippen molar-refractivity contribution in [3.63, 3.8) is 0 Å². The van der Waals surface area contributed by atoms with Crippen LogP contribution in [0.3, 0.4) is 0 Å². The average Bonchev–Trinajstić information content (AvgIpc) is 2.66. The summed E-state index contributed by atoms with van der Waals surface area (Å²) in [5.74, 6) is -1.31. The van der Waals surface area contributed by atoms with E-state index in [4.69, 9.17) is 16.3 Å². The minimum atomic E-state index is -4.05. The van der Waals surface area contributed by atoms with Gasteiger partial charge in [0.2, 0.25) is 0 Å². The van der Waals surface area contributed by atoms with E-state index in [0.29, 0.717) is 5.02 Å². The van der Waals surface area contributed by atoms with Crippen molar-refractivity contribution in [2.45, 2.75) is 17.4 Å². The van der Waals surface area contributed by atoms with Crippen LogP contribution in [0.15, 0.2) is 53.4 Å². The maximum atomic E-state index is 12.5. The number of hydrogen-bond acceptors (Lipinski definition) is 7. The first-order valence-corrected chi connectivity index (χ1v) is 9.79. The lowest BCUT2D eigenvalue weighted by atomic mass is 10.1. The molecule has 144 valence electrons. The molecule has 0 fully saturated rings. The monoisotopic (exact) mass is 412 g/mol. The Morgan fingerprint density at radius 3 is 2.44 bits per heavy atom. The van der Waals surface area contributed by atoms with Crippen molar-refractivity contribution in [3.05, 3.63) is 69.2 Å². The number of nitro benzene ring substituents is 1. The zero-order valence-corrected chi connectivity index (χ0v) is 15.9. The number of sulfone groups is 1. The topological polar surface area (TPSA) is 116 Å². The zero-order chi connectivity index (χ0) is 20.0. The molecule has 1 N–H and O–H groups in total. The van der Waals surface area contributed by atoms with Crippen LogP contribution in [-0.4, -0.2) is 38.3 Å². The summed E-state index contributed by atoms with van der Waals surface area (Å²) in [5.41, 5.74) is 0.219. The molecule has 0 bridgehead atoms. The molecule has 0 spiro atoms. The van der Waals surface area contributed by atoms with Gasteiger partial charge in [0.15, 0.2) is 9.84 Å². The van der Waals surface area contributed by atoms with Crippen molar-refractivity contribution in [1.29, 1.82) is 0 Å². The molecule has 1 atom stereocenters. The minimum Gasteiger partial charge on any atom is -0.468 e. The number of nitrogens with one attached hydrogen (secondary N) is 1. The Morgan fingerprint density at radius 2 is 1.85 bits per heavy atom. The van der Waals surface area contributed by atoms with E-state index in [1.54, 1.807) is 24.3 Å². The number of rotatable bonds is 8. The van der Waals surface area contributed by atoms with Gasteiger partial charge in [-0.05, 0) is 30.2 Å². The molecule has 0 amide bonds. The van der Waals surface area contributed by atoms with E-state index in [1.165, 1.54) is 19.2 Å². The summed E-state index contributed by atoms with van der Waals surface area (Å²) in [5, 5.41) is 14.2. The number of ether oxygens (including phenoxy) is 1. The number of para-hydroxylation sites is 1. The summed E-state index contributed by atoms with van der Waals surface area (Å²) in [6, 6.07) is 10.8. The standard InChI is InChI=1S/C17H17ClN2O6S/c1-26-17(21)14(10-12-6-8-13(18)9-7-12)19-11-27(24,25)16-5-3-2-4-15(16)20(22)23/h2-9,14,19H,10-11H2,1H3. The lowest BCUT2D eigenvalue weighted by Crippen LogP contribution is -2.42. The van der Waals surface area contributed by atoms with Crippen molar-refractivity contribution in [2.24, 2.45) is 0 Å². The third-order valence-electron chi connectivity index (χ3n) is 3.76. The van der Waals surface area contributed by atoms with Gasteiger partial charge in [0.25, 0.3) is 5.69 Å². The van der Waals surface area contributed by atoms with Crippen LogP contribution in [0.1, 0.15) is 5.56 Å². The molecule has 0 radical (unpaired) electrons. The highest BCUT2D eigenvalue weighted by atomic mass is 35.5. The summed E-state index contributed by atoms with van der Waals surface area (Å²) < 4.78 is 29.8. The fraction of sp³-hybridized carbons (Fsp3) is 0.235. The van der Waals surface area contributed by atoms with Crippen LogP contribution < -0.4 is 5.32 Å². The first-order chi connectivity index (χ1) is 12.7. The predicted molar refractivity (Wildman–Crippen MR) is 99.2 cm³/mol. The van der Waals surface area contributed by atoms with E-state index in [-0.39, 0.29) is 6.42 Å². The molecule has 0 aliphatic carbocycles. The number of carbonyl (C=O) groups is 1.